The molecule has 23 heteroatoms. The van der Waals surface area contributed by atoms with Gasteiger partial charge < -0.3 is 30.0 Å². The lowest BCUT2D eigenvalue weighted by molar-refractivity contribution is -0.923. The van der Waals surface area contributed by atoms with Crippen LogP contribution in [0.3, 0.4) is 0 Å². The molecule has 4 aromatic carbocycles. The fourth-order valence-electron chi connectivity index (χ4n) is 10.0. The largest absolute Gasteiger partial charge is 0.476 e. The van der Waals surface area contributed by atoms with Gasteiger partial charge in [0.2, 0.25) is 0 Å². The lowest BCUT2D eigenvalue weighted by Gasteiger charge is -2.35. The van der Waals surface area contributed by atoms with E-state index >= 15 is 0 Å². The second kappa shape index (κ2) is 20.3. The van der Waals surface area contributed by atoms with Crippen molar-refractivity contribution in [3.05, 3.63) is 177 Å². The van der Waals surface area contributed by atoms with Crippen molar-refractivity contribution >= 4 is 41.2 Å². The molecule has 0 radical (unpaired) electrons. The Bertz CT molecular complexity index is 3130. The number of anilines is 2. The van der Waals surface area contributed by atoms with Crippen LogP contribution in [0.2, 0.25) is 0 Å². The molecule has 17 nitrogen and oxygen atoms in total. The van der Waals surface area contributed by atoms with Crippen molar-refractivity contribution < 1.29 is 59.9 Å². The number of nitrogens with zero attached hydrogens (tertiary/aromatic N) is 9. The Balaban J connectivity index is 0.960. The molecule has 0 unspecified atom stereocenters. The summed E-state index contributed by atoms with van der Waals surface area (Å²) in [6, 6.07) is 21.2. The number of halogens is 6. The molecule has 9 rings (SSSR count). The maximum absolute atomic E-state index is 14.5. The normalized spacial score (nSPS) is 17.9. The summed E-state index contributed by atoms with van der Waals surface area (Å²) in [6.07, 6.45) is -6.41. The number of aromatic carboxylic acids is 1. The van der Waals surface area contributed by atoms with Gasteiger partial charge in [-0.25, -0.2) is 19.4 Å². The van der Waals surface area contributed by atoms with E-state index in [1.807, 2.05) is 19.2 Å². The third-order valence-corrected chi connectivity index (χ3v) is 13.7. The lowest BCUT2D eigenvalue weighted by Crippen LogP contribution is -2.47. The second-order valence-electron chi connectivity index (χ2n) is 18.8. The smallest absolute Gasteiger partial charge is 0.416 e. The lowest BCUT2D eigenvalue weighted by atomic mass is 9.94. The predicted octanol–water partition coefficient (Wildman–Crippen LogP) is 7.82. The quantitative estimate of drug-likeness (QED) is 0.0683. The average molecular weight is 1040 g/mol. The summed E-state index contributed by atoms with van der Waals surface area (Å²) in [5.41, 5.74) is 0.0461. The van der Waals surface area contributed by atoms with Crippen LogP contribution in [-0.4, -0.2) is 106 Å². The zero-order valence-electron chi connectivity index (χ0n) is 40.2. The predicted molar refractivity (Wildman–Crippen MR) is 258 cm³/mol. The number of hydrogen-bond acceptors (Lipinski definition) is 9. The minimum Gasteiger partial charge on any atom is -0.476 e. The number of carbonyl (C=O) groups excluding carboxylic acids is 4. The van der Waals surface area contributed by atoms with E-state index in [2.05, 4.69) is 20.6 Å². The molecule has 0 aliphatic carbocycles. The first-order valence-electron chi connectivity index (χ1n) is 23.6. The molecule has 0 saturated carbocycles. The summed E-state index contributed by atoms with van der Waals surface area (Å²) < 4.78 is 83.8. The fourth-order valence-corrected chi connectivity index (χ4v) is 10.0. The Morgan fingerprint density at radius 1 is 0.671 bits per heavy atom. The summed E-state index contributed by atoms with van der Waals surface area (Å²) in [7, 11) is 1.88. The topological polar surface area (TPSA) is 216 Å². The molecule has 1 aromatic heterocycles. The summed E-state index contributed by atoms with van der Waals surface area (Å²) in [5, 5.41) is 33.9. The maximum Gasteiger partial charge on any atom is 0.416 e. The summed E-state index contributed by atoms with van der Waals surface area (Å²) in [4.78, 5) is 82.0. The molecular weight excluding hydrogens is 1000 g/mol. The average Bonchev–Trinajstić information content (AvgIpc) is 3.91. The first kappa shape index (κ1) is 51.8. The molecule has 5 heterocycles. The summed E-state index contributed by atoms with van der Waals surface area (Å²) in [6.45, 7) is 0.734. The number of hydrogen-bond donors (Lipinski definition) is 3. The van der Waals surface area contributed by atoms with Crippen LogP contribution in [0.5, 0.6) is 0 Å². The number of amides is 6. The van der Waals surface area contributed by atoms with E-state index in [1.54, 1.807) is 24.3 Å². The van der Waals surface area contributed by atoms with Gasteiger partial charge in [0.05, 0.1) is 126 Å². The van der Waals surface area contributed by atoms with Crippen LogP contribution >= 0.6 is 0 Å². The van der Waals surface area contributed by atoms with Gasteiger partial charge in [0.15, 0.2) is 5.69 Å². The second-order valence-corrected chi connectivity index (χ2v) is 18.8. The number of nitrogens with one attached hydrogen (secondary N) is 2. The minimum absolute atomic E-state index is 0.0956. The van der Waals surface area contributed by atoms with Gasteiger partial charge in [-0.05, 0) is 71.8 Å². The van der Waals surface area contributed by atoms with Gasteiger partial charge in [-0.3, -0.25) is 24.4 Å². The van der Waals surface area contributed by atoms with Crippen molar-refractivity contribution in [1.29, 1.82) is 10.5 Å². The van der Waals surface area contributed by atoms with E-state index in [1.165, 1.54) is 52.4 Å². The Kier molecular flexibility index (Phi) is 13.8. The van der Waals surface area contributed by atoms with Gasteiger partial charge >= 0.3 is 30.4 Å². The first-order valence-corrected chi connectivity index (χ1v) is 23.6. The number of aromatic nitrogens is 2. The zero-order chi connectivity index (χ0) is 54.3. The molecule has 4 aliphatic heterocycles. The molecule has 5 aromatic rings. The van der Waals surface area contributed by atoms with Gasteiger partial charge in [-0.2, -0.15) is 36.9 Å². The SMILES string of the molecule is C[N+](CCCN1CC2=C(C1=O)[C@@H](c1ccc(C#N)cc1)NC(=O)N2c1cccc(C(F)(F)F)c1)(CCCN1CC2=C(C1=O)[C@@H](c1ccc(C#N)cc1)NC(=O)N2c1cccc(C(F)(F)F)c1)Cc1cnc(C(=O)O)cn1. The Hall–Kier alpha value is -9.09. The molecule has 6 amide bonds. The number of urea groups is 2. The third-order valence-electron chi connectivity index (χ3n) is 13.7. The van der Waals surface area contributed by atoms with Crippen molar-refractivity contribution in [2.75, 3.05) is 56.1 Å². The number of alkyl halides is 6. The van der Waals surface area contributed by atoms with Crippen LogP contribution in [0.4, 0.5) is 47.3 Å². The molecule has 3 N–H and O–H groups in total. The van der Waals surface area contributed by atoms with Crippen molar-refractivity contribution in [2.45, 2.75) is 43.8 Å². The molecular formula is C53H44F6N11O6+. The summed E-state index contributed by atoms with van der Waals surface area (Å²) in [5.74, 6) is -2.26. The van der Waals surface area contributed by atoms with Gasteiger partial charge in [0.25, 0.3) is 11.8 Å². The standard InChI is InChI=1S/C53H43F6N11O6/c1-70(30-37-26-63-40(27-62-37)49(73)74,20-4-18-66-28-41-43(47(66)71)45(33-14-10-31(24-60)11-15-33)64-50(75)68(41)38-8-2-6-35(22-38)52(54,55)56)21-5-19-67-29-42-44(48(67)72)46(34-16-12-32(25-61)13-17-34)65-51(76)69(42)39-9-3-7-36(23-39)53(57,58)59/h2-3,6-17,22-23,26-27,45-46H,4-5,18-21,28-30H2,1H3,(H2-,64,65,73,74,75,76)/p+1/t45-,46-/m1/s1. The van der Waals surface area contributed by atoms with Crippen LogP contribution in [0, 0.1) is 22.7 Å². The van der Waals surface area contributed by atoms with E-state index in [0.717, 1.165) is 52.4 Å². The molecule has 76 heavy (non-hydrogen) atoms. The van der Waals surface area contributed by atoms with E-state index in [0.29, 0.717) is 53.9 Å². The van der Waals surface area contributed by atoms with Gasteiger partial charge in [0, 0.05) is 25.9 Å². The molecule has 0 bridgehead atoms. The monoisotopic (exact) mass is 1040 g/mol. The van der Waals surface area contributed by atoms with Crippen molar-refractivity contribution in [3.63, 3.8) is 0 Å². The molecule has 0 spiro atoms. The first-order chi connectivity index (χ1) is 36.2. The molecule has 2 atom stereocenters. The molecule has 4 aliphatic rings. The number of carboxylic acids is 1. The van der Waals surface area contributed by atoms with Crippen molar-refractivity contribution in [2.24, 2.45) is 0 Å². The van der Waals surface area contributed by atoms with E-state index in [9.17, 15) is 65.9 Å². The van der Waals surface area contributed by atoms with E-state index < -0.39 is 65.4 Å². The van der Waals surface area contributed by atoms with Crippen LogP contribution < -0.4 is 20.4 Å². The van der Waals surface area contributed by atoms with E-state index in [4.69, 9.17) is 0 Å². The number of benzene rings is 4. The van der Waals surface area contributed by atoms with Gasteiger partial charge in [-0.15, -0.1) is 0 Å². The number of carboxylic acid groups (broad SMARTS) is 1. The van der Waals surface area contributed by atoms with Gasteiger partial charge in [-0.1, -0.05) is 36.4 Å². The van der Waals surface area contributed by atoms with Crippen LogP contribution in [0.15, 0.2) is 132 Å². The molecule has 388 valence electrons. The molecule has 0 saturated heterocycles. The maximum atomic E-state index is 14.5. The molecule has 0 fully saturated rings. The summed E-state index contributed by atoms with van der Waals surface area (Å²) >= 11 is 0. The zero-order valence-corrected chi connectivity index (χ0v) is 40.2. The number of carbonyl (C=O) groups is 5. The Labute approximate surface area is 429 Å². The highest BCUT2D eigenvalue weighted by Crippen LogP contribution is 2.42. The van der Waals surface area contributed by atoms with E-state index in [-0.39, 0.29) is 76.8 Å². The van der Waals surface area contributed by atoms with Gasteiger partial charge in [0.1, 0.15) is 12.2 Å². The van der Waals surface area contributed by atoms with Crippen molar-refractivity contribution in [3.8, 4) is 12.1 Å². The van der Waals surface area contributed by atoms with Crippen LogP contribution in [0.25, 0.3) is 0 Å². The van der Waals surface area contributed by atoms with Crippen molar-refractivity contribution in [1.82, 2.24) is 30.4 Å². The Morgan fingerprint density at radius 2 is 1.11 bits per heavy atom. The highest BCUT2D eigenvalue weighted by molar-refractivity contribution is 6.08. The van der Waals surface area contributed by atoms with Crippen LogP contribution in [0.1, 0.15) is 74.5 Å². The minimum atomic E-state index is -4.73. The third kappa shape index (κ3) is 10.4. The number of quaternary nitrogens is 1. The Morgan fingerprint density at radius 3 is 1.47 bits per heavy atom. The number of nitriles is 2. The highest BCUT2D eigenvalue weighted by atomic mass is 19.4. The number of rotatable bonds is 15. The fraction of sp³-hybridized carbons (Fsp3) is 0.264. The highest BCUT2D eigenvalue weighted by Gasteiger charge is 2.47. The van der Waals surface area contributed by atoms with Crippen LogP contribution in [-0.2, 0) is 28.5 Å².